The molecule has 104 valence electrons. The predicted octanol–water partition coefficient (Wildman–Crippen LogP) is 2.28. The number of rotatable bonds is 4. The minimum Gasteiger partial charge on any atom is -0.383 e. The Labute approximate surface area is 112 Å². The lowest BCUT2D eigenvalue weighted by atomic mass is 10.1. The molecule has 1 N–H and O–H groups in total. The first-order valence-corrected chi connectivity index (χ1v) is 5.70. The minimum absolute atomic E-state index is 0.302. The summed E-state index contributed by atoms with van der Waals surface area (Å²) < 4.78 is 39.8. The van der Waals surface area contributed by atoms with Crippen molar-refractivity contribution in [3.63, 3.8) is 0 Å². The molecule has 0 unspecified atom stereocenters. The molecule has 1 aromatic carbocycles. The summed E-state index contributed by atoms with van der Waals surface area (Å²) in [7, 11) is 0. The van der Waals surface area contributed by atoms with Crippen molar-refractivity contribution in [3.8, 4) is 6.07 Å². The number of hydrogen-bond acceptors (Lipinski definition) is 4. The monoisotopic (exact) mass is 281 g/mol. The summed E-state index contributed by atoms with van der Waals surface area (Å²) in [5.41, 5.74) is -1.03. The van der Waals surface area contributed by atoms with Crippen LogP contribution >= 0.6 is 0 Å². The largest absolute Gasteiger partial charge is 0.417 e. The smallest absolute Gasteiger partial charge is 0.383 e. The average Bonchev–Trinajstić information content (AvgIpc) is 2.91. The van der Waals surface area contributed by atoms with E-state index >= 15 is 0 Å². The molecule has 2 aromatic rings. The van der Waals surface area contributed by atoms with Crippen molar-refractivity contribution < 1.29 is 13.2 Å². The van der Waals surface area contributed by atoms with Gasteiger partial charge >= 0.3 is 6.18 Å². The maximum absolute atomic E-state index is 12.8. The van der Waals surface area contributed by atoms with Crippen LogP contribution in [0.3, 0.4) is 0 Å². The summed E-state index contributed by atoms with van der Waals surface area (Å²) >= 11 is 0. The molecular weight excluding hydrogens is 271 g/mol. The topological polar surface area (TPSA) is 66.5 Å². The highest BCUT2D eigenvalue weighted by atomic mass is 19.4. The molecule has 0 amide bonds. The molecular formula is C12H10F3N5. The minimum atomic E-state index is -4.55. The van der Waals surface area contributed by atoms with Crippen LogP contribution in [-0.2, 0) is 12.7 Å². The fraction of sp³-hybridized carbons (Fsp3) is 0.250. The summed E-state index contributed by atoms with van der Waals surface area (Å²) in [5, 5.41) is 18.9. The molecule has 2 rings (SSSR count). The van der Waals surface area contributed by atoms with Crippen LogP contribution in [0.4, 0.5) is 18.9 Å². The molecule has 0 spiro atoms. The number of nitrogens with zero attached hydrogens (tertiary/aromatic N) is 4. The Bertz CT molecular complexity index is 613. The van der Waals surface area contributed by atoms with Gasteiger partial charge in [0.15, 0.2) is 0 Å². The van der Waals surface area contributed by atoms with Crippen LogP contribution in [0.15, 0.2) is 30.6 Å². The Morgan fingerprint density at radius 1 is 1.35 bits per heavy atom. The van der Waals surface area contributed by atoms with Crippen LogP contribution in [0.1, 0.15) is 11.1 Å². The number of anilines is 1. The molecule has 0 aliphatic heterocycles. The highest BCUT2D eigenvalue weighted by molar-refractivity contribution is 5.53. The summed E-state index contributed by atoms with van der Waals surface area (Å²) in [6.45, 7) is 0.869. The quantitative estimate of drug-likeness (QED) is 0.933. The number of alkyl halides is 3. The van der Waals surface area contributed by atoms with Crippen molar-refractivity contribution in [3.05, 3.63) is 41.7 Å². The van der Waals surface area contributed by atoms with Crippen molar-refractivity contribution in [1.29, 1.82) is 5.26 Å². The van der Waals surface area contributed by atoms with Gasteiger partial charge in [-0.05, 0) is 18.2 Å². The molecule has 5 nitrogen and oxygen atoms in total. The van der Waals surface area contributed by atoms with Gasteiger partial charge in [0.05, 0.1) is 29.9 Å². The van der Waals surface area contributed by atoms with Crippen LogP contribution in [0.5, 0.6) is 0 Å². The molecule has 0 aliphatic rings. The first-order valence-electron chi connectivity index (χ1n) is 5.70. The zero-order valence-electron chi connectivity index (χ0n) is 10.2. The Hall–Kier alpha value is -2.56. The highest BCUT2D eigenvalue weighted by Crippen LogP contribution is 2.33. The Morgan fingerprint density at radius 3 is 2.75 bits per heavy atom. The normalized spacial score (nSPS) is 11.1. The van der Waals surface area contributed by atoms with Gasteiger partial charge in [-0.15, -0.1) is 5.10 Å². The molecule has 0 atom stereocenters. The third-order valence-electron chi connectivity index (χ3n) is 2.59. The van der Waals surface area contributed by atoms with E-state index in [9.17, 15) is 13.2 Å². The van der Waals surface area contributed by atoms with Gasteiger partial charge in [-0.2, -0.15) is 18.4 Å². The van der Waals surface area contributed by atoms with Gasteiger partial charge in [0, 0.05) is 18.4 Å². The van der Waals surface area contributed by atoms with E-state index < -0.39 is 11.7 Å². The lowest BCUT2D eigenvalue weighted by Gasteiger charge is -2.12. The zero-order chi connectivity index (χ0) is 14.6. The third kappa shape index (κ3) is 3.26. The number of hydrogen-bond donors (Lipinski definition) is 1. The van der Waals surface area contributed by atoms with E-state index in [1.165, 1.54) is 18.3 Å². The van der Waals surface area contributed by atoms with Gasteiger partial charge < -0.3 is 5.32 Å². The molecule has 0 fully saturated rings. The fourth-order valence-electron chi connectivity index (χ4n) is 1.65. The maximum atomic E-state index is 12.8. The van der Waals surface area contributed by atoms with Crippen molar-refractivity contribution in [2.24, 2.45) is 0 Å². The molecule has 0 aliphatic carbocycles. The molecule has 0 saturated carbocycles. The first kappa shape index (κ1) is 13.9. The van der Waals surface area contributed by atoms with Crippen molar-refractivity contribution in [2.45, 2.75) is 12.7 Å². The van der Waals surface area contributed by atoms with Crippen LogP contribution in [0, 0.1) is 11.3 Å². The molecule has 0 bridgehead atoms. The number of aromatic nitrogens is 3. The zero-order valence-corrected chi connectivity index (χ0v) is 10.2. The van der Waals surface area contributed by atoms with Gasteiger partial charge in [0.2, 0.25) is 0 Å². The summed E-state index contributed by atoms with van der Waals surface area (Å²) in [4.78, 5) is 0. The second-order valence-corrected chi connectivity index (χ2v) is 3.96. The number of halogens is 3. The highest BCUT2D eigenvalue weighted by Gasteiger charge is 2.33. The van der Waals surface area contributed by atoms with E-state index in [2.05, 4.69) is 15.6 Å². The van der Waals surface area contributed by atoms with Gasteiger partial charge in [0.25, 0.3) is 0 Å². The molecule has 0 radical (unpaired) electrons. The summed E-state index contributed by atoms with van der Waals surface area (Å²) in [5.74, 6) is 0. The van der Waals surface area contributed by atoms with Gasteiger partial charge in [-0.1, -0.05) is 5.21 Å². The molecule has 0 saturated heterocycles. The van der Waals surface area contributed by atoms with Gasteiger partial charge in [-0.3, -0.25) is 4.68 Å². The molecule has 1 aromatic heterocycles. The summed E-state index contributed by atoms with van der Waals surface area (Å²) in [6, 6.07) is 5.06. The maximum Gasteiger partial charge on any atom is 0.417 e. The van der Waals surface area contributed by atoms with Gasteiger partial charge in [-0.25, -0.2) is 0 Å². The van der Waals surface area contributed by atoms with Crippen molar-refractivity contribution >= 4 is 5.69 Å². The summed E-state index contributed by atoms with van der Waals surface area (Å²) in [6.07, 6.45) is -1.38. The number of nitrogens with one attached hydrogen (secondary N) is 1. The standard InChI is InChI=1S/C12H10F3N5/c13-12(14,15)11-7-10(2-1-9(11)8-16)17-3-5-20-6-4-18-19-20/h1-2,4,6-7,17H,3,5H2. The Morgan fingerprint density at radius 2 is 2.15 bits per heavy atom. The first-order chi connectivity index (χ1) is 9.50. The lowest BCUT2D eigenvalue weighted by molar-refractivity contribution is -0.137. The van der Waals surface area contributed by atoms with Gasteiger partial charge in [0.1, 0.15) is 0 Å². The van der Waals surface area contributed by atoms with Crippen LogP contribution in [-0.4, -0.2) is 21.5 Å². The Kier molecular flexibility index (Phi) is 3.89. The number of benzene rings is 1. The molecule has 8 heteroatoms. The van der Waals surface area contributed by atoms with Crippen molar-refractivity contribution in [1.82, 2.24) is 15.0 Å². The second-order valence-electron chi connectivity index (χ2n) is 3.96. The van der Waals surface area contributed by atoms with E-state index in [1.54, 1.807) is 10.9 Å². The van der Waals surface area contributed by atoms with Crippen molar-refractivity contribution in [2.75, 3.05) is 11.9 Å². The average molecular weight is 281 g/mol. The third-order valence-corrected chi connectivity index (χ3v) is 2.59. The van der Waals surface area contributed by atoms with Crippen LogP contribution in [0.25, 0.3) is 0 Å². The molecule has 1 heterocycles. The Balaban J connectivity index is 2.07. The lowest BCUT2D eigenvalue weighted by Crippen LogP contribution is -2.13. The second kappa shape index (κ2) is 5.61. The van der Waals surface area contributed by atoms with E-state index in [-0.39, 0.29) is 5.56 Å². The van der Waals surface area contributed by atoms with E-state index in [0.29, 0.717) is 18.8 Å². The number of nitriles is 1. The van der Waals surface area contributed by atoms with E-state index in [1.807, 2.05) is 0 Å². The predicted molar refractivity (Wildman–Crippen MR) is 64.7 cm³/mol. The SMILES string of the molecule is N#Cc1ccc(NCCn2ccnn2)cc1C(F)(F)F. The van der Waals surface area contributed by atoms with Crippen LogP contribution < -0.4 is 5.32 Å². The van der Waals surface area contributed by atoms with E-state index in [4.69, 9.17) is 5.26 Å². The van der Waals surface area contributed by atoms with E-state index in [0.717, 1.165) is 12.1 Å². The molecule has 20 heavy (non-hydrogen) atoms. The fourth-order valence-corrected chi connectivity index (χ4v) is 1.65. The van der Waals surface area contributed by atoms with Crippen LogP contribution in [0.2, 0.25) is 0 Å².